The number of ether oxygens (including phenoxy) is 1. The van der Waals surface area contributed by atoms with Crippen LogP contribution in [0.2, 0.25) is 0 Å². The van der Waals surface area contributed by atoms with Crippen molar-refractivity contribution in [2.45, 2.75) is 57.7 Å². The van der Waals surface area contributed by atoms with Crippen LogP contribution in [0.5, 0.6) is 0 Å². The maximum atomic E-state index is 13.5. The average Bonchev–Trinajstić information content (AvgIpc) is 3.12. The van der Waals surface area contributed by atoms with E-state index in [0.717, 1.165) is 70.5 Å². The van der Waals surface area contributed by atoms with Crippen molar-refractivity contribution >= 4 is 0 Å². The number of hydrogen-bond acceptors (Lipinski definition) is 3. The fourth-order valence-electron chi connectivity index (χ4n) is 4.69. The summed E-state index contributed by atoms with van der Waals surface area (Å²) in [5.74, 6) is 0.462. The van der Waals surface area contributed by atoms with Crippen LogP contribution in [0, 0.1) is 11.7 Å². The van der Waals surface area contributed by atoms with Gasteiger partial charge in [-0.05, 0) is 62.6 Å². The fraction of sp³-hybridized carbons (Fsp3) is 0.591. The maximum absolute atomic E-state index is 13.5. The molecule has 3 heterocycles. The van der Waals surface area contributed by atoms with Crippen LogP contribution in [-0.2, 0) is 24.2 Å². The lowest BCUT2D eigenvalue weighted by Gasteiger charge is -2.46. The lowest BCUT2D eigenvalue weighted by molar-refractivity contribution is -0.127. The van der Waals surface area contributed by atoms with E-state index >= 15 is 0 Å². The number of halogens is 1. The third-order valence-electron chi connectivity index (χ3n) is 6.19. The van der Waals surface area contributed by atoms with Crippen LogP contribution < -0.4 is 0 Å². The first-order valence-corrected chi connectivity index (χ1v) is 10.3. The van der Waals surface area contributed by atoms with Gasteiger partial charge in [-0.1, -0.05) is 12.1 Å². The normalized spacial score (nSPS) is 23.0. The first-order valence-electron chi connectivity index (χ1n) is 10.3. The Hall–Kier alpha value is -1.72. The van der Waals surface area contributed by atoms with E-state index in [2.05, 4.69) is 23.1 Å². The summed E-state index contributed by atoms with van der Waals surface area (Å²) in [6.45, 7) is 6.99. The molecule has 4 nitrogen and oxygen atoms in total. The topological polar surface area (TPSA) is 30.3 Å². The predicted octanol–water partition coefficient (Wildman–Crippen LogP) is 4.05. The molecule has 0 radical (unpaired) electrons. The van der Waals surface area contributed by atoms with E-state index in [4.69, 9.17) is 4.74 Å². The molecule has 1 aromatic carbocycles. The van der Waals surface area contributed by atoms with E-state index < -0.39 is 0 Å². The van der Waals surface area contributed by atoms with Crippen LogP contribution >= 0.6 is 0 Å². The zero-order valence-electron chi connectivity index (χ0n) is 16.2. The maximum Gasteiger partial charge on any atom is 0.123 e. The second kappa shape index (κ2) is 8.11. The molecule has 0 aliphatic carbocycles. The van der Waals surface area contributed by atoms with Crippen molar-refractivity contribution in [1.82, 2.24) is 14.7 Å². The summed E-state index contributed by atoms with van der Waals surface area (Å²) in [7, 11) is 0. The van der Waals surface area contributed by atoms with E-state index in [1.54, 1.807) is 6.07 Å². The summed E-state index contributed by atoms with van der Waals surface area (Å²) >= 11 is 0. The van der Waals surface area contributed by atoms with Gasteiger partial charge in [-0.3, -0.25) is 9.58 Å². The second-order valence-corrected chi connectivity index (χ2v) is 8.20. The highest BCUT2D eigenvalue weighted by molar-refractivity contribution is 5.17. The highest BCUT2D eigenvalue weighted by atomic mass is 19.1. The molecule has 1 atom stereocenters. The van der Waals surface area contributed by atoms with Crippen LogP contribution in [-0.4, -0.2) is 40.0 Å². The number of hydrogen-bond donors (Lipinski definition) is 0. The van der Waals surface area contributed by atoms with Crippen molar-refractivity contribution in [1.29, 1.82) is 0 Å². The average molecular weight is 372 g/mol. The summed E-state index contributed by atoms with van der Waals surface area (Å²) in [5.41, 5.74) is 2.43. The van der Waals surface area contributed by atoms with E-state index in [1.807, 2.05) is 23.0 Å². The SMILES string of the molecule is CCn1cc(CN2CCC3(CC2)CC(Cc2cccc(F)c2)CCO3)cn1. The van der Waals surface area contributed by atoms with Gasteiger partial charge in [-0.25, -0.2) is 4.39 Å². The van der Waals surface area contributed by atoms with Crippen molar-refractivity contribution < 1.29 is 9.13 Å². The summed E-state index contributed by atoms with van der Waals surface area (Å²) < 4.78 is 21.8. The summed E-state index contributed by atoms with van der Waals surface area (Å²) in [4.78, 5) is 2.52. The lowest BCUT2D eigenvalue weighted by atomic mass is 9.77. The minimum absolute atomic E-state index is 0.0281. The first kappa shape index (κ1) is 18.6. The predicted molar refractivity (Wildman–Crippen MR) is 104 cm³/mol. The molecule has 146 valence electrons. The van der Waals surface area contributed by atoms with Gasteiger partial charge in [0.25, 0.3) is 0 Å². The number of piperidine rings is 1. The van der Waals surface area contributed by atoms with Gasteiger partial charge in [0, 0.05) is 44.5 Å². The zero-order chi connectivity index (χ0) is 18.7. The number of nitrogens with zero attached hydrogens (tertiary/aromatic N) is 3. The molecule has 2 fully saturated rings. The molecule has 0 saturated carbocycles. The summed E-state index contributed by atoms with van der Waals surface area (Å²) in [6.07, 6.45) is 9.46. The smallest absolute Gasteiger partial charge is 0.123 e. The molecule has 0 amide bonds. The third-order valence-corrected chi connectivity index (χ3v) is 6.19. The van der Waals surface area contributed by atoms with Crippen molar-refractivity contribution in [3.05, 3.63) is 53.6 Å². The Morgan fingerprint density at radius 3 is 2.85 bits per heavy atom. The molecule has 0 N–H and O–H groups in total. The van der Waals surface area contributed by atoms with Gasteiger partial charge in [0.05, 0.1) is 11.8 Å². The van der Waals surface area contributed by atoms with Crippen LogP contribution in [0.15, 0.2) is 36.7 Å². The molecule has 2 aliphatic heterocycles. The second-order valence-electron chi connectivity index (χ2n) is 8.20. The molecule has 2 aliphatic rings. The molecule has 0 bridgehead atoms. The molecular weight excluding hydrogens is 341 g/mol. The monoisotopic (exact) mass is 371 g/mol. The number of rotatable bonds is 5. The van der Waals surface area contributed by atoms with Gasteiger partial charge in [0.2, 0.25) is 0 Å². The number of aryl methyl sites for hydroxylation is 1. The number of benzene rings is 1. The Balaban J connectivity index is 1.31. The van der Waals surface area contributed by atoms with E-state index in [9.17, 15) is 4.39 Å². The van der Waals surface area contributed by atoms with E-state index in [1.165, 1.54) is 11.6 Å². The van der Waals surface area contributed by atoms with Gasteiger partial charge < -0.3 is 4.74 Å². The van der Waals surface area contributed by atoms with Crippen molar-refractivity contribution in [3.63, 3.8) is 0 Å². The fourth-order valence-corrected chi connectivity index (χ4v) is 4.69. The largest absolute Gasteiger partial charge is 0.375 e. The van der Waals surface area contributed by atoms with E-state index in [0.29, 0.717) is 5.92 Å². The summed E-state index contributed by atoms with van der Waals surface area (Å²) in [6, 6.07) is 7.07. The van der Waals surface area contributed by atoms with Crippen molar-refractivity contribution in [3.8, 4) is 0 Å². The highest BCUT2D eigenvalue weighted by Crippen LogP contribution is 2.39. The summed E-state index contributed by atoms with van der Waals surface area (Å²) in [5, 5.41) is 4.38. The van der Waals surface area contributed by atoms with E-state index in [-0.39, 0.29) is 11.4 Å². The molecule has 27 heavy (non-hydrogen) atoms. The van der Waals surface area contributed by atoms with Gasteiger partial charge in [-0.2, -0.15) is 5.10 Å². The van der Waals surface area contributed by atoms with Gasteiger partial charge in [-0.15, -0.1) is 0 Å². The van der Waals surface area contributed by atoms with Crippen LogP contribution in [0.4, 0.5) is 4.39 Å². The Morgan fingerprint density at radius 2 is 2.11 bits per heavy atom. The zero-order valence-corrected chi connectivity index (χ0v) is 16.2. The molecule has 1 unspecified atom stereocenters. The van der Waals surface area contributed by atoms with Crippen LogP contribution in [0.1, 0.15) is 43.7 Å². The Bertz CT molecular complexity index is 752. The quantitative estimate of drug-likeness (QED) is 0.794. The minimum Gasteiger partial charge on any atom is -0.375 e. The van der Waals surface area contributed by atoms with Gasteiger partial charge >= 0.3 is 0 Å². The molecule has 1 aromatic heterocycles. The molecule has 5 heteroatoms. The standard InChI is InChI=1S/C22H30FN3O/c1-2-26-17-20(15-24-26)16-25-9-7-22(8-10-25)14-19(6-11-27-22)12-18-4-3-5-21(23)13-18/h3-5,13,15,17,19H,2,6-12,14,16H2,1H3. The minimum atomic E-state index is -0.131. The van der Waals surface area contributed by atoms with Gasteiger partial charge in [0.15, 0.2) is 0 Å². The molecular formula is C22H30FN3O. The Morgan fingerprint density at radius 1 is 1.26 bits per heavy atom. The Kier molecular flexibility index (Phi) is 5.60. The molecule has 4 rings (SSSR count). The lowest BCUT2D eigenvalue weighted by Crippen LogP contribution is -2.49. The van der Waals surface area contributed by atoms with Gasteiger partial charge in [0.1, 0.15) is 5.82 Å². The molecule has 2 saturated heterocycles. The van der Waals surface area contributed by atoms with Crippen LogP contribution in [0.25, 0.3) is 0 Å². The first-order chi connectivity index (χ1) is 13.1. The third kappa shape index (κ3) is 4.58. The number of aromatic nitrogens is 2. The molecule has 1 spiro atoms. The van der Waals surface area contributed by atoms with Crippen molar-refractivity contribution in [2.75, 3.05) is 19.7 Å². The highest BCUT2D eigenvalue weighted by Gasteiger charge is 2.40. The number of likely N-dealkylation sites (tertiary alicyclic amines) is 1. The molecule has 2 aromatic rings. The van der Waals surface area contributed by atoms with Crippen LogP contribution in [0.3, 0.4) is 0 Å². The Labute approximate surface area is 161 Å². The van der Waals surface area contributed by atoms with Crippen molar-refractivity contribution in [2.24, 2.45) is 5.92 Å².